The molecule has 0 unspecified atom stereocenters. The summed E-state index contributed by atoms with van der Waals surface area (Å²) in [4.78, 5) is 13.3. The molecular formula is C20H25NO3S. The summed E-state index contributed by atoms with van der Waals surface area (Å²) in [5.74, 6) is 1.45. The summed E-state index contributed by atoms with van der Waals surface area (Å²) in [5.41, 5.74) is 1.78. The predicted molar refractivity (Wildman–Crippen MR) is 103 cm³/mol. The third kappa shape index (κ3) is 5.71. The second-order valence-electron chi connectivity index (χ2n) is 5.38. The van der Waals surface area contributed by atoms with Crippen molar-refractivity contribution in [2.75, 3.05) is 26.0 Å². The zero-order valence-corrected chi connectivity index (χ0v) is 15.8. The van der Waals surface area contributed by atoms with E-state index in [9.17, 15) is 4.79 Å². The van der Waals surface area contributed by atoms with Crippen molar-refractivity contribution in [3.63, 3.8) is 0 Å². The molecule has 4 nitrogen and oxygen atoms in total. The lowest BCUT2D eigenvalue weighted by atomic mass is 10.1. The average molecular weight is 359 g/mol. The molecule has 0 heterocycles. The first-order valence-corrected chi connectivity index (χ1v) is 9.71. The first kappa shape index (κ1) is 19.2. The van der Waals surface area contributed by atoms with Crippen molar-refractivity contribution >= 4 is 17.7 Å². The van der Waals surface area contributed by atoms with Crippen LogP contribution in [-0.4, -0.2) is 31.9 Å². The van der Waals surface area contributed by atoms with Crippen LogP contribution in [0.25, 0.3) is 0 Å². The second kappa shape index (κ2) is 9.99. The van der Waals surface area contributed by atoms with Crippen LogP contribution in [0, 0.1) is 0 Å². The highest BCUT2D eigenvalue weighted by atomic mass is 32.2. The quantitative estimate of drug-likeness (QED) is 0.683. The van der Waals surface area contributed by atoms with E-state index in [0.29, 0.717) is 25.3 Å². The van der Waals surface area contributed by atoms with Gasteiger partial charge in [-0.1, -0.05) is 6.07 Å². The van der Waals surface area contributed by atoms with Gasteiger partial charge in [-0.05, 0) is 68.5 Å². The van der Waals surface area contributed by atoms with E-state index < -0.39 is 0 Å². The Balaban J connectivity index is 1.91. The van der Waals surface area contributed by atoms with Crippen LogP contribution in [0.1, 0.15) is 29.8 Å². The van der Waals surface area contributed by atoms with Gasteiger partial charge in [0, 0.05) is 17.0 Å². The molecule has 0 spiro atoms. The Morgan fingerprint density at radius 3 is 2.32 bits per heavy atom. The summed E-state index contributed by atoms with van der Waals surface area (Å²) in [7, 11) is 0. The molecule has 2 aromatic rings. The summed E-state index contributed by atoms with van der Waals surface area (Å²) in [6, 6.07) is 13.5. The van der Waals surface area contributed by atoms with Crippen molar-refractivity contribution in [3.8, 4) is 11.5 Å². The number of carbonyl (C=O) groups excluding carboxylic acids is 1. The zero-order chi connectivity index (χ0) is 18.1. The fourth-order valence-corrected chi connectivity index (χ4v) is 2.82. The second-order valence-corrected chi connectivity index (χ2v) is 6.26. The Labute approximate surface area is 153 Å². The van der Waals surface area contributed by atoms with E-state index in [-0.39, 0.29) is 5.91 Å². The maximum absolute atomic E-state index is 12.2. The highest BCUT2D eigenvalue weighted by Crippen LogP contribution is 2.28. The Morgan fingerprint density at radius 2 is 1.68 bits per heavy atom. The molecular weight excluding hydrogens is 334 g/mol. The third-order valence-corrected chi connectivity index (χ3v) is 4.40. The zero-order valence-electron chi connectivity index (χ0n) is 15.0. The normalized spacial score (nSPS) is 10.4. The molecule has 0 atom stereocenters. The smallest absolute Gasteiger partial charge is 0.251 e. The number of thioether (sulfide) groups is 1. The van der Waals surface area contributed by atoms with Gasteiger partial charge < -0.3 is 14.8 Å². The highest BCUT2D eigenvalue weighted by Gasteiger charge is 2.08. The SMILES string of the molecule is CCOc1ccc(CCNC(=O)c2ccc(SC)cc2)cc1OCC. The molecule has 25 heavy (non-hydrogen) atoms. The van der Waals surface area contributed by atoms with Crippen LogP contribution in [0.2, 0.25) is 0 Å². The third-order valence-electron chi connectivity index (χ3n) is 3.66. The summed E-state index contributed by atoms with van der Waals surface area (Å²) < 4.78 is 11.2. The van der Waals surface area contributed by atoms with Crippen LogP contribution in [0.15, 0.2) is 47.4 Å². The minimum absolute atomic E-state index is 0.0522. The molecule has 0 saturated heterocycles. The molecule has 2 aromatic carbocycles. The summed E-state index contributed by atoms with van der Waals surface area (Å²) in [5, 5.41) is 2.96. The van der Waals surface area contributed by atoms with Gasteiger partial charge in [0.05, 0.1) is 13.2 Å². The molecule has 0 saturated carbocycles. The Kier molecular flexibility index (Phi) is 7.67. The number of ether oxygens (including phenoxy) is 2. The van der Waals surface area contributed by atoms with Crippen LogP contribution < -0.4 is 14.8 Å². The van der Waals surface area contributed by atoms with Crippen LogP contribution in [0.3, 0.4) is 0 Å². The number of rotatable bonds is 9. The molecule has 1 amide bonds. The number of amides is 1. The fourth-order valence-electron chi connectivity index (χ4n) is 2.42. The molecule has 0 aliphatic carbocycles. The standard InChI is InChI=1S/C20H25NO3S/c1-4-23-18-11-6-15(14-19(18)24-5-2)12-13-21-20(22)16-7-9-17(25-3)10-8-16/h6-11,14H,4-5,12-13H2,1-3H3,(H,21,22). The Bertz CT molecular complexity index is 686. The molecule has 0 bridgehead atoms. The molecule has 1 N–H and O–H groups in total. The number of hydrogen-bond donors (Lipinski definition) is 1. The van der Waals surface area contributed by atoms with E-state index in [1.807, 2.05) is 62.6 Å². The van der Waals surface area contributed by atoms with Crippen LogP contribution in [0.4, 0.5) is 0 Å². The Hall–Kier alpha value is -2.14. The van der Waals surface area contributed by atoms with Gasteiger partial charge in [-0.25, -0.2) is 0 Å². The first-order valence-electron chi connectivity index (χ1n) is 8.48. The molecule has 0 aliphatic rings. The van der Waals surface area contributed by atoms with E-state index in [0.717, 1.165) is 28.4 Å². The topological polar surface area (TPSA) is 47.6 Å². The van der Waals surface area contributed by atoms with Crippen LogP contribution in [-0.2, 0) is 6.42 Å². The molecule has 2 rings (SSSR count). The molecule has 0 aliphatic heterocycles. The average Bonchev–Trinajstić information content (AvgIpc) is 2.64. The van der Waals surface area contributed by atoms with Gasteiger partial charge in [0.15, 0.2) is 11.5 Å². The molecule has 0 aromatic heterocycles. The van der Waals surface area contributed by atoms with E-state index in [2.05, 4.69) is 5.32 Å². The molecule has 134 valence electrons. The molecule has 0 radical (unpaired) electrons. The lowest BCUT2D eigenvalue weighted by Crippen LogP contribution is -2.25. The van der Waals surface area contributed by atoms with Gasteiger partial charge in [0.2, 0.25) is 0 Å². The summed E-state index contributed by atoms with van der Waals surface area (Å²) >= 11 is 1.66. The maximum atomic E-state index is 12.2. The lowest BCUT2D eigenvalue weighted by molar-refractivity contribution is 0.0954. The van der Waals surface area contributed by atoms with E-state index in [1.165, 1.54) is 0 Å². The number of carbonyl (C=O) groups is 1. The molecule has 0 fully saturated rings. The highest BCUT2D eigenvalue weighted by molar-refractivity contribution is 7.98. The number of benzene rings is 2. The van der Waals surface area contributed by atoms with Gasteiger partial charge in [-0.3, -0.25) is 4.79 Å². The van der Waals surface area contributed by atoms with Crippen LogP contribution >= 0.6 is 11.8 Å². The Morgan fingerprint density at radius 1 is 1.00 bits per heavy atom. The number of nitrogens with one attached hydrogen (secondary N) is 1. The first-order chi connectivity index (χ1) is 12.2. The van der Waals surface area contributed by atoms with Crippen molar-refractivity contribution in [2.24, 2.45) is 0 Å². The lowest BCUT2D eigenvalue weighted by Gasteiger charge is -2.12. The fraction of sp³-hybridized carbons (Fsp3) is 0.350. The largest absolute Gasteiger partial charge is 0.490 e. The summed E-state index contributed by atoms with van der Waals surface area (Å²) in [6.07, 6.45) is 2.75. The van der Waals surface area contributed by atoms with Crippen molar-refractivity contribution in [3.05, 3.63) is 53.6 Å². The van der Waals surface area contributed by atoms with Gasteiger partial charge in [-0.15, -0.1) is 11.8 Å². The minimum atomic E-state index is -0.0522. The van der Waals surface area contributed by atoms with E-state index >= 15 is 0 Å². The summed E-state index contributed by atoms with van der Waals surface area (Å²) in [6.45, 7) is 5.66. The van der Waals surface area contributed by atoms with Crippen LogP contribution in [0.5, 0.6) is 11.5 Å². The van der Waals surface area contributed by atoms with Gasteiger partial charge in [-0.2, -0.15) is 0 Å². The monoisotopic (exact) mass is 359 g/mol. The van der Waals surface area contributed by atoms with Gasteiger partial charge >= 0.3 is 0 Å². The van der Waals surface area contributed by atoms with E-state index in [4.69, 9.17) is 9.47 Å². The van der Waals surface area contributed by atoms with Crippen molar-refractivity contribution < 1.29 is 14.3 Å². The van der Waals surface area contributed by atoms with Gasteiger partial charge in [0.25, 0.3) is 5.91 Å². The van der Waals surface area contributed by atoms with E-state index in [1.54, 1.807) is 11.8 Å². The van der Waals surface area contributed by atoms with Gasteiger partial charge in [0.1, 0.15) is 0 Å². The number of hydrogen-bond acceptors (Lipinski definition) is 4. The molecule has 5 heteroatoms. The van der Waals surface area contributed by atoms with Crippen molar-refractivity contribution in [1.82, 2.24) is 5.32 Å². The van der Waals surface area contributed by atoms with Crippen molar-refractivity contribution in [2.45, 2.75) is 25.2 Å². The van der Waals surface area contributed by atoms with Crippen molar-refractivity contribution in [1.29, 1.82) is 0 Å². The minimum Gasteiger partial charge on any atom is -0.490 e. The predicted octanol–water partition coefficient (Wildman–Crippen LogP) is 4.18. The maximum Gasteiger partial charge on any atom is 0.251 e.